The first kappa shape index (κ1) is 8.22. The molecule has 0 aromatic rings. The van der Waals surface area contributed by atoms with Crippen molar-refractivity contribution >= 4 is 17.4 Å². The maximum Gasteiger partial charge on any atom is 0.257 e. The molecule has 2 rings (SSSR count). The number of nitrogens with zero attached hydrogens (tertiary/aromatic N) is 1. The molecule has 1 spiro atoms. The van der Waals surface area contributed by atoms with Gasteiger partial charge in [-0.15, -0.1) is 0 Å². The molecule has 2 fully saturated rings. The molecule has 3 N–H and O–H groups in total. The third kappa shape index (κ3) is 1.39. The summed E-state index contributed by atoms with van der Waals surface area (Å²) in [4.78, 5) is 0. The topological polar surface area (TPSA) is 50.5 Å². The Labute approximate surface area is 77.0 Å². The molecule has 5 heteroatoms. The molecule has 0 bridgehead atoms. The first-order chi connectivity index (χ1) is 5.70. The maximum absolute atomic E-state index is 5.64. The van der Waals surface area contributed by atoms with E-state index in [1.165, 1.54) is 0 Å². The fourth-order valence-electron chi connectivity index (χ4n) is 1.71. The molecule has 2 aliphatic heterocycles. The molecule has 0 amide bonds. The number of hydrogen-bond donors (Lipinski definition) is 2. The van der Waals surface area contributed by atoms with Crippen molar-refractivity contribution < 1.29 is 4.74 Å². The Bertz CT molecular complexity index is 201. The standard InChI is InChI=1S/C7H13N3OS/c8-10-3-1-7(2-4-10)5-9-6(12)11-7/h1-5,8H2,(H,9,12). The number of nitrogens with two attached hydrogens (primary N) is 1. The van der Waals surface area contributed by atoms with Crippen LogP contribution in [0.15, 0.2) is 0 Å². The summed E-state index contributed by atoms with van der Waals surface area (Å²) in [6.45, 7) is 2.63. The van der Waals surface area contributed by atoms with Gasteiger partial charge in [-0.05, 0) is 12.2 Å². The molecule has 0 atom stereocenters. The lowest BCUT2D eigenvalue weighted by Crippen LogP contribution is -2.49. The van der Waals surface area contributed by atoms with E-state index in [1.54, 1.807) is 0 Å². The molecule has 2 aliphatic rings. The van der Waals surface area contributed by atoms with Crippen molar-refractivity contribution in [2.75, 3.05) is 19.6 Å². The van der Waals surface area contributed by atoms with Crippen LogP contribution in [0.2, 0.25) is 0 Å². The largest absolute Gasteiger partial charge is 0.462 e. The molecule has 12 heavy (non-hydrogen) atoms. The van der Waals surface area contributed by atoms with Gasteiger partial charge in [-0.1, -0.05) is 0 Å². The van der Waals surface area contributed by atoms with Crippen LogP contribution < -0.4 is 11.2 Å². The molecule has 0 saturated carbocycles. The summed E-state index contributed by atoms with van der Waals surface area (Å²) in [5, 5.41) is 5.42. The molecule has 2 heterocycles. The van der Waals surface area contributed by atoms with Gasteiger partial charge < -0.3 is 10.1 Å². The zero-order chi connectivity index (χ0) is 8.60. The number of hydrogen-bond acceptors (Lipinski definition) is 4. The van der Waals surface area contributed by atoms with E-state index in [2.05, 4.69) is 5.32 Å². The molecule has 0 aromatic heterocycles. The number of thiocarbonyl (C=S) groups is 1. The predicted octanol–water partition coefficient (Wildman–Crippen LogP) is -0.401. The molecule has 68 valence electrons. The van der Waals surface area contributed by atoms with Crippen molar-refractivity contribution in [3.8, 4) is 0 Å². The molecular formula is C7H13N3OS. The first-order valence-electron chi connectivity index (χ1n) is 4.17. The van der Waals surface area contributed by atoms with E-state index in [4.69, 9.17) is 22.8 Å². The highest BCUT2D eigenvalue weighted by molar-refractivity contribution is 7.80. The summed E-state index contributed by atoms with van der Waals surface area (Å²) in [7, 11) is 0. The lowest BCUT2D eigenvalue weighted by molar-refractivity contribution is 0.0205. The Balaban J connectivity index is 1.99. The van der Waals surface area contributed by atoms with E-state index >= 15 is 0 Å². The number of nitrogens with one attached hydrogen (secondary N) is 1. The summed E-state index contributed by atoms with van der Waals surface area (Å²) < 4.78 is 5.58. The van der Waals surface area contributed by atoms with Gasteiger partial charge in [0.2, 0.25) is 0 Å². The van der Waals surface area contributed by atoms with Gasteiger partial charge in [0, 0.05) is 25.9 Å². The molecular weight excluding hydrogens is 174 g/mol. The zero-order valence-electron chi connectivity index (χ0n) is 6.88. The van der Waals surface area contributed by atoms with Gasteiger partial charge in [-0.3, -0.25) is 5.84 Å². The Morgan fingerprint density at radius 1 is 1.50 bits per heavy atom. The molecule has 4 nitrogen and oxygen atoms in total. The van der Waals surface area contributed by atoms with E-state index in [9.17, 15) is 0 Å². The minimum Gasteiger partial charge on any atom is -0.462 e. The van der Waals surface area contributed by atoms with Crippen molar-refractivity contribution in [3.63, 3.8) is 0 Å². The minimum absolute atomic E-state index is 0.0487. The van der Waals surface area contributed by atoms with E-state index in [-0.39, 0.29) is 5.60 Å². The van der Waals surface area contributed by atoms with Crippen LogP contribution in [0.5, 0.6) is 0 Å². The molecule has 2 saturated heterocycles. The van der Waals surface area contributed by atoms with E-state index < -0.39 is 0 Å². The average Bonchev–Trinajstić information content (AvgIpc) is 2.40. The monoisotopic (exact) mass is 187 g/mol. The van der Waals surface area contributed by atoms with Crippen LogP contribution >= 0.6 is 12.2 Å². The van der Waals surface area contributed by atoms with Gasteiger partial charge in [0.05, 0.1) is 6.54 Å². The highest BCUT2D eigenvalue weighted by Crippen LogP contribution is 2.27. The smallest absolute Gasteiger partial charge is 0.257 e. The third-order valence-corrected chi connectivity index (χ3v) is 2.80. The molecule has 0 aliphatic carbocycles. The summed E-state index contributed by atoms with van der Waals surface area (Å²) in [6, 6.07) is 0. The van der Waals surface area contributed by atoms with Crippen LogP contribution in [0, 0.1) is 0 Å². The summed E-state index contributed by atoms with van der Waals surface area (Å²) in [5.74, 6) is 5.64. The molecule has 0 unspecified atom stereocenters. The quantitative estimate of drug-likeness (QED) is 0.399. The van der Waals surface area contributed by atoms with Crippen molar-refractivity contribution in [2.24, 2.45) is 5.84 Å². The average molecular weight is 187 g/mol. The van der Waals surface area contributed by atoms with Crippen LogP contribution in [0.4, 0.5) is 0 Å². The lowest BCUT2D eigenvalue weighted by Gasteiger charge is -2.35. The van der Waals surface area contributed by atoms with Gasteiger partial charge in [0.25, 0.3) is 5.17 Å². The Hall–Kier alpha value is -0.390. The van der Waals surface area contributed by atoms with E-state index in [0.717, 1.165) is 32.5 Å². The summed E-state index contributed by atoms with van der Waals surface area (Å²) in [5.41, 5.74) is -0.0487. The second-order valence-electron chi connectivity index (χ2n) is 3.46. The van der Waals surface area contributed by atoms with Gasteiger partial charge in [0.1, 0.15) is 5.60 Å². The van der Waals surface area contributed by atoms with Gasteiger partial charge >= 0.3 is 0 Å². The zero-order valence-corrected chi connectivity index (χ0v) is 7.69. The fourth-order valence-corrected chi connectivity index (χ4v) is 1.96. The van der Waals surface area contributed by atoms with Gasteiger partial charge in [-0.2, -0.15) is 0 Å². The second-order valence-corrected chi connectivity index (χ2v) is 3.83. The second kappa shape index (κ2) is 2.83. The van der Waals surface area contributed by atoms with Crippen LogP contribution in [0.3, 0.4) is 0 Å². The van der Waals surface area contributed by atoms with Crippen molar-refractivity contribution in [1.29, 1.82) is 0 Å². The number of piperidine rings is 1. The van der Waals surface area contributed by atoms with Gasteiger partial charge in [-0.25, -0.2) is 5.01 Å². The summed E-state index contributed by atoms with van der Waals surface area (Å²) >= 11 is 4.92. The Kier molecular flexibility index (Phi) is 1.94. The van der Waals surface area contributed by atoms with Crippen molar-refractivity contribution in [1.82, 2.24) is 10.3 Å². The fraction of sp³-hybridized carbons (Fsp3) is 0.857. The Morgan fingerprint density at radius 3 is 2.67 bits per heavy atom. The molecule has 0 aromatic carbocycles. The Morgan fingerprint density at radius 2 is 2.17 bits per heavy atom. The van der Waals surface area contributed by atoms with Crippen molar-refractivity contribution in [2.45, 2.75) is 18.4 Å². The van der Waals surface area contributed by atoms with E-state index in [1.807, 2.05) is 5.01 Å². The van der Waals surface area contributed by atoms with Crippen molar-refractivity contribution in [3.05, 3.63) is 0 Å². The lowest BCUT2D eigenvalue weighted by atomic mass is 9.92. The number of rotatable bonds is 0. The predicted molar refractivity (Wildman–Crippen MR) is 49.4 cm³/mol. The minimum atomic E-state index is -0.0487. The first-order valence-corrected chi connectivity index (χ1v) is 4.58. The normalized spacial score (nSPS) is 28.6. The SMILES string of the molecule is NN1CCC2(CC1)CNC(=S)O2. The van der Waals surface area contributed by atoms with Crippen LogP contribution in [0.25, 0.3) is 0 Å². The highest BCUT2D eigenvalue weighted by atomic mass is 32.1. The molecule has 0 radical (unpaired) electrons. The van der Waals surface area contributed by atoms with Crippen LogP contribution in [-0.2, 0) is 4.74 Å². The number of ether oxygens (including phenoxy) is 1. The van der Waals surface area contributed by atoms with Crippen LogP contribution in [0.1, 0.15) is 12.8 Å². The van der Waals surface area contributed by atoms with Crippen LogP contribution in [-0.4, -0.2) is 35.4 Å². The van der Waals surface area contributed by atoms with Gasteiger partial charge in [0.15, 0.2) is 0 Å². The number of hydrazine groups is 1. The summed E-state index contributed by atoms with van der Waals surface area (Å²) in [6.07, 6.45) is 1.94. The van der Waals surface area contributed by atoms with E-state index in [0.29, 0.717) is 5.17 Å². The maximum atomic E-state index is 5.64. The highest BCUT2D eigenvalue weighted by Gasteiger charge is 2.40. The third-order valence-electron chi connectivity index (χ3n) is 2.57.